The van der Waals surface area contributed by atoms with Crippen LogP contribution >= 0.6 is 0 Å². The first-order chi connectivity index (χ1) is 23.6. The second-order valence-electron chi connectivity index (χ2n) is 14.6. The van der Waals surface area contributed by atoms with Crippen molar-refractivity contribution in [2.24, 2.45) is 11.7 Å². The molecule has 1 aliphatic rings. The molecule has 9 heteroatoms. The van der Waals surface area contributed by atoms with E-state index in [1.807, 2.05) is 0 Å². The fraction of sp³-hybridized carbons (Fsp3) is 0.875. The molecular formula is C40H75NO8. The Hall–Kier alpha value is -1.17. The summed E-state index contributed by atoms with van der Waals surface area (Å²) in [5.41, 5.74) is 7.81. The lowest BCUT2D eigenvalue weighted by Gasteiger charge is -2.44. The van der Waals surface area contributed by atoms with Crippen LogP contribution in [0.5, 0.6) is 0 Å². The Morgan fingerprint density at radius 1 is 0.735 bits per heavy atom. The Bertz CT molecular complexity index is 880. The van der Waals surface area contributed by atoms with E-state index in [2.05, 4.69) is 26.8 Å². The number of hydrogen-bond acceptors (Lipinski definition) is 9. The van der Waals surface area contributed by atoms with Crippen molar-refractivity contribution in [1.29, 1.82) is 0 Å². The summed E-state index contributed by atoms with van der Waals surface area (Å²) in [7, 11) is 0. The number of aliphatic hydroxyl groups is 6. The van der Waals surface area contributed by atoms with Gasteiger partial charge in [0.2, 0.25) is 0 Å². The molecule has 1 saturated heterocycles. The minimum atomic E-state index is -1.66. The molecule has 0 amide bonds. The van der Waals surface area contributed by atoms with Crippen LogP contribution in [0.15, 0.2) is 23.8 Å². The second-order valence-corrected chi connectivity index (χ2v) is 14.6. The van der Waals surface area contributed by atoms with Gasteiger partial charge in [-0.3, -0.25) is 4.79 Å². The molecule has 0 aromatic heterocycles. The van der Waals surface area contributed by atoms with Crippen molar-refractivity contribution < 1.29 is 40.2 Å². The van der Waals surface area contributed by atoms with Gasteiger partial charge < -0.3 is 41.1 Å². The van der Waals surface area contributed by atoms with Gasteiger partial charge in [0, 0.05) is 6.04 Å². The monoisotopic (exact) mass is 698 g/mol. The summed E-state index contributed by atoms with van der Waals surface area (Å²) in [5, 5.41) is 63.1. The van der Waals surface area contributed by atoms with Crippen LogP contribution in [-0.4, -0.2) is 91.8 Å². The topological polar surface area (TPSA) is 174 Å². The van der Waals surface area contributed by atoms with Gasteiger partial charge in [-0.15, -0.1) is 0 Å². The van der Waals surface area contributed by atoms with E-state index in [4.69, 9.17) is 10.5 Å². The maximum Gasteiger partial charge on any atom is 0.168 e. The van der Waals surface area contributed by atoms with Crippen LogP contribution in [0.25, 0.3) is 0 Å². The van der Waals surface area contributed by atoms with Crippen molar-refractivity contribution in [3.8, 4) is 0 Å². The van der Waals surface area contributed by atoms with E-state index in [0.29, 0.717) is 12.8 Å². The van der Waals surface area contributed by atoms with Crippen LogP contribution in [0, 0.1) is 5.92 Å². The fourth-order valence-corrected chi connectivity index (χ4v) is 6.85. The number of carbonyl (C=O) groups is 1. The smallest absolute Gasteiger partial charge is 0.168 e. The quantitative estimate of drug-likeness (QED) is 0.0341. The van der Waals surface area contributed by atoms with Crippen molar-refractivity contribution in [2.45, 2.75) is 211 Å². The molecule has 8 N–H and O–H groups in total. The largest absolute Gasteiger partial charge is 0.394 e. The Kier molecular flexibility index (Phi) is 26.6. The highest BCUT2D eigenvalue weighted by atomic mass is 16.5. The molecule has 0 saturated carbocycles. The molecule has 1 fully saturated rings. The van der Waals surface area contributed by atoms with Crippen LogP contribution in [-0.2, 0) is 9.53 Å². The fourth-order valence-electron chi connectivity index (χ4n) is 6.85. The number of ether oxygens (including phenoxy) is 1. The van der Waals surface area contributed by atoms with Gasteiger partial charge in [0.25, 0.3) is 0 Å². The summed E-state index contributed by atoms with van der Waals surface area (Å²) >= 11 is 0. The number of aliphatic hydroxyl groups excluding tert-OH is 6. The molecule has 0 aromatic rings. The maximum absolute atomic E-state index is 13.6. The Balaban J connectivity index is 2.74. The first-order valence-corrected chi connectivity index (χ1v) is 19.9. The molecule has 49 heavy (non-hydrogen) atoms. The molecule has 9 atom stereocenters. The average Bonchev–Trinajstić information content (AvgIpc) is 3.09. The third kappa shape index (κ3) is 18.8. The average molecular weight is 698 g/mol. The Labute approximate surface area is 298 Å². The lowest BCUT2D eigenvalue weighted by Crippen LogP contribution is -2.65. The minimum Gasteiger partial charge on any atom is -0.394 e. The van der Waals surface area contributed by atoms with Crippen LogP contribution in [0.4, 0.5) is 0 Å². The minimum absolute atomic E-state index is 0.229. The molecule has 0 radical (unpaired) electrons. The highest BCUT2D eigenvalue weighted by molar-refractivity contribution is 5.86. The second kappa shape index (κ2) is 28.4. The van der Waals surface area contributed by atoms with Crippen LogP contribution < -0.4 is 5.73 Å². The number of unbranched alkanes of at least 4 members (excludes halogenated alkanes) is 17. The van der Waals surface area contributed by atoms with E-state index < -0.39 is 67.1 Å². The van der Waals surface area contributed by atoms with E-state index >= 15 is 0 Å². The molecule has 0 spiro atoms. The Morgan fingerprint density at radius 3 is 1.78 bits per heavy atom. The van der Waals surface area contributed by atoms with Gasteiger partial charge in [0.1, 0.15) is 36.6 Å². The molecular weight excluding hydrogens is 622 g/mol. The van der Waals surface area contributed by atoms with Crippen molar-refractivity contribution >= 4 is 5.78 Å². The lowest BCUT2D eigenvalue weighted by atomic mass is 9.79. The molecule has 9 nitrogen and oxygen atoms in total. The standard InChI is InChI=1S/C40H75NO8/c1-4-6-8-10-12-13-14-15-16-17-19-23-28-32(44)36(45)34(35(41)40-39(48)38(47)37(46)33(29-42)49-40)31(43)27-24-20-22-26-30(3)25-21-18-11-9-7-5-2/h24,26-27,31-35,37-40,42-44,46-48H,4-23,25,28-29,41H2,1-3H3/b27-24+,30-26+/t31-,32-,33-,34-,35?,37-,38+,39-,40+/m1/s1. The van der Waals surface area contributed by atoms with Gasteiger partial charge in [-0.1, -0.05) is 147 Å². The molecule has 0 aromatic carbocycles. The summed E-state index contributed by atoms with van der Waals surface area (Å²) in [6.45, 7) is 5.95. The zero-order valence-electron chi connectivity index (χ0n) is 31.3. The van der Waals surface area contributed by atoms with Crippen molar-refractivity contribution in [3.05, 3.63) is 23.8 Å². The summed E-state index contributed by atoms with van der Waals surface area (Å²) in [4.78, 5) is 13.6. The number of nitrogens with two attached hydrogens (primary N) is 1. The molecule has 0 aliphatic carbocycles. The molecule has 1 heterocycles. The number of hydrogen-bond donors (Lipinski definition) is 7. The van der Waals surface area contributed by atoms with E-state index in [9.17, 15) is 35.4 Å². The number of Topliss-reactive ketones (excluding diaryl/α,β-unsaturated/α-hetero) is 1. The van der Waals surface area contributed by atoms with Crippen molar-refractivity contribution in [1.82, 2.24) is 0 Å². The van der Waals surface area contributed by atoms with Gasteiger partial charge in [-0.25, -0.2) is 0 Å². The van der Waals surface area contributed by atoms with Gasteiger partial charge in [0.05, 0.1) is 18.6 Å². The van der Waals surface area contributed by atoms with Crippen LogP contribution in [0.3, 0.4) is 0 Å². The normalized spacial score (nSPS) is 24.3. The first kappa shape index (κ1) is 45.9. The summed E-state index contributed by atoms with van der Waals surface area (Å²) < 4.78 is 5.65. The summed E-state index contributed by atoms with van der Waals surface area (Å²) in [6, 6.07) is -1.32. The Morgan fingerprint density at radius 2 is 1.24 bits per heavy atom. The predicted octanol–water partition coefficient (Wildman–Crippen LogP) is 6.19. The zero-order valence-corrected chi connectivity index (χ0v) is 31.3. The van der Waals surface area contributed by atoms with Gasteiger partial charge in [-0.05, 0) is 39.0 Å². The predicted molar refractivity (Wildman–Crippen MR) is 198 cm³/mol. The molecule has 1 unspecified atom stereocenters. The molecule has 1 aliphatic heterocycles. The number of ketones is 1. The van der Waals surface area contributed by atoms with Crippen LogP contribution in [0.2, 0.25) is 0 Å². The SMILES string of the molecule is CCCCCCCCCCCCCC[C@@H](O)C(=O)[C@@H](C(N)[C@@H]1O[C@H](CO)[C@@H](O)[C@H](O)[C@H]1O)[C@H](O)/C=C/CC/C=C(\C)CCCCCCCC. The van der Waals surface area contributed by atoms with E-state index in [0.717, 1.165) is 32.1 Å². The highest BCUT2D eigenvalue weighted by Gasteiger charge is 2.49. The zero-order chi connectivity index (χ0) is 36.4. The van der Waals surface area contributed by atoms with E-state index in [1.54, 1.807) is 6.08 Å². The first-order valence-electron chi connectivity index (χ1n) is 19.9. The van der Waals surface area contributed by atoms with Gasteiger partial charge in [0.15, 0.2) is 5.78 Å². The molecule has 0 bridgehead atoms. The third-order valence-electron chi connectivity index (χ3n) is 10.2. The van der Waals surface area contributed by atoms with Crippen molar-refractivity contribution in [2.75, 3.05) is 6.61 Å². The van der Waals surface area contributed by atoms with Gasteiger partial charge >= 0.3 is 0 Å². The third-order valence-corrected chi connectivity index (χ3v) is 10.2. The summed E-state index contributed by atoms with van der Waals surface area (Å²) in [6.07, 6.45) is 19.5. The highest BCUT2D eigenvalue weighted by Crippen LogP contribution is 2.28. The van der Waals surface area contributed by atoms with Gasteiger partial charge in [-0.2, -0.15) is 0 Å². The van der Waals surface area contributed by atoms with Crippen molar-refractivity contribution in [3.63, 3.8) is 0 Å². The summed E-state index contributed by atoms with van der Waals surface area (Å²) in [5.74, 6) is -1.99. The lowest BCUT2D eigenvalue weighted by molar-refractivity contribution is -0.237. The maximum atomic E-state index is 13.6. The number of rotatable bonds is 30. The van der Waals surface area contributed by atoms with E-state index in [1.165, 1.54) is 102 Å². The van der Waals surface area contributed by atoms with Crippen LogP contribution in [0.1, 0.15) is 162 Å². The number of carbonyl (C=O) groups excluding carboxylic acids is 1. The number of allylic oxidation sites excluding steroid dienone is 3. The molecule has 288 valence electrons. The molecule has 1 rings (SSSR count). The van der Waals surface area contributed by atoms with E-state index in [-0.39, 0.29) is 6.42 Å².